The van der Waals surface area contributed by atoms with Gasteiger partial charge >= 0.3 is 0 Å². The van der Waals surface area contributed by atoms with Crippen LogP contribution in [0.1, 0.15) is 27.2 Å². The molecular weight excluding hydrogens is 120 g/mol. The van der Waals surface area contributed by atoms with E-state index in [4.69, 9.17) is 4.55 Å². The van der Waals surface area contributed by atoms with Gasteiger partial charge in [-0.15, -0.1) is 0 Å². The standard InChI is InChI=1S/C6H14OS/c1-4-5(2)6(3)8-7/h5-7H,4H2,1-3H3/t5-,6-/m0/s1. The zero-order valence-corrected chi connectivity index (χ0v) is 6.53. The zero-order chi connectivity index (χ0) is 6.57. The summed E-state index contributed by atoms with van der Waals surface area (Å²) in [7, 11) is 0. The molecule has 0 aliphatic rings. The van der Waals surface area contributed by atoms with E-state index < -0.39 is 0 Å². The molecule has 0 amide bonds. The van der Waals surface area contributed by atoms with Gasteiger partial charge in [0.2, 0.25) is 0 Å². The maximum atomic E-state index is 8.55. The summed E-state index contributed by atoms with van der Waals surface area (Å²) in [6.45, 7) is 6.32. The molecule has 1 nitrogen and oxygen atoms in total. The molecule has 0 aliphatic heterocycles. The van der Waals surface area contributed by atoms with Gasteiger partial charge in [-0.05, 0) is 18.0 Å². The lowest BCUT2D eigenvalue weighted by molar-refractivity contribution is 0.534. The van der Waals surface area contributed by atoms with E-state index in [1.807, 2.05) is 6.92 Å². The fourth-order valence-electron chi connectivity index (χ4n) is 0.436. The smallest absolute Gasteiger partial charge is 0.0306 e. The Morgan fingerprint density at radius 1 is 1.50 bits per heavy atom. The highest BCUT2D eigenvalue weighted by molar-refractivity contribution is 7.94. The number of hydrogen-bond acceptors (Lipinski definition) is 2. The molecule has 0 bridgehead atoms. The molecule has 0 aliphatic carbocycles. The van der Waals surface area contributed by atoms with E-state index in [1.54, 1.807) is 0 Å². The van der Waals surface area contributed by atoms with Crippen molar-refractivity contribution in [3.8, 4) is 0 Å². The molecule has 0 fully saturated rings. The lowest BCUT2D eigenvalue weighted by Gasteiger charge is -2.12. The molecule has 2 heteroatoms. The van der Waals surface area contributed by atoms with Crippen molar-refractivity contribution in [1.82, 2.24) is 0 Å². The topological polar surface area (TPSA) is 20.2 Å². The van der Waals surface area contributed by atoms with Crippen LogP contribution in [0, 0.1) is 5.92 Å². The Hall–Kier alpha value is 0.310. The third-order valence-corrected chi connectivity index (χ3v) is 2.41. The van der Waals surface area contributed by atoms with Crippen LogP contribution < -0.4 is 0 Å². The molecule has 0 saturated heterocycles. The van der Waals surface area contributed by atoms with Crippen molar-refractivity contribution in [3.05, 3.63) is 0 Å². The van der Waals surface area contributed by atoms with Gasteiger partial charge in [0.05, 0.1) is 0 Å². The minimum Gasteiger partial charge on any atom is -0.330 e. The lowest BCUT2D eigenvalue weighted by atomic mass is 10.1. The summed E-state index contributed by atoms with van der Waals surface area (Å²) in [5.74, 6) is 0.630. The summed E-state index contributed by atoms with van der Waals surface area (Å²) >= 11 is 0.957. The van der Waals surface area contributed by atoms with Gasteiger partial charge in [0.15, 0.2) is 0 Å². The maximum absolute atomic E-state index is 8.55. The Balaban J connectivity index is 3.29. The van der Waals surface area contributed by atoms with Crippen LogP contribution in [0.5, 0.6) is 0 Å². The average Bonchev–Trinajstić information content (AvgIpc) is 1.84. The monoisotopic (exact) mass is 134 g/mol. The molecule has 0 saturated carbocycles. The normalized spacial score (nSPS) is 18.0. The first-order valence-electron chi connectivity index (χ1n) is 3.02. The Morgan fingerprint density at radius 3 is 2.12 bits per heavy atom. The largest absolute Gasteiger partial charge is 0.330 e. The predicted octanol–water partition coefficient (Wildman–Crippen LogP) is 2.63. The second-order valence-electron chi connectivity index (χ2n) is 2.20. The van der Waals surface area contributed by atoms with E-state index >= 15 is 0 Å². The number of rotatable bonds is 3. The first-order valence-corrected chi connectivity index (χ1v) is 3.86. The van der Waals surface area contributed by atoms with Gasteiger partial charge < -0.3 is 4.55 Å². The Labute approximate surface area is 55.7 Å². The minimum absolute atomic E-state index is 0.389. The van der Waals surface area contributed by atoms with Gasteiger partial charge in [0.25, 0.3) is 0 Å². The van der Waals surface area contributed by atoms with Gasteiger partial charge in [-0.1, -0.05) is 27.2 Å². The van der Waals surface area contributed by atoms with Crippen LogP contribution in [0.3, 0.4) is 0 Å². The molecule has 0 aromatic heterocycles. The van der Waals surface area contributed by atoms with Crippen LogP contribution >= 0.6 is 12.0 Å². The van der Waals surface area contributed by atoms with Gasteiger partial charge in [0, 0.05) is 5.25 Å². The van der Waals surface area contributed by atoms with Crippen LogP contribution in [0.4, 0.5) is 0 Å². The van der Waals surface area contributed by atoms with Crippen molar-refractivity contribution in [2.24, 2.45) is 5.92 Å². The molecule has 1 N–H and O–H groups in total. The minimum atomic E-state index is 0.389. The van der Waals surface area contributed by atoms with E-state index in [-0.39, 0.29) is 0 Å². The Kier molecular flexibility index (Phi) is 4.38. The van der Waals surface area contributed by atoms with Crippen LogP contribution in [0.15, 0.2) is 0 Å². The van der Waals surface area contributed by atoms with Gasteiger partial charge in [0.1, 0.15) is 0 Å². The third-order valence-electron chi connectivity index (χ3n) is 1.61. The average molecular weight is 134 g/mol. The summed E-state index contributed by atoms with van der Waals surface area (Å²) in [6, 6.07) is 0. The summed E-state index contributed by atoms with van der Waals surface area (Å²) in [5.41, 5.74) is 0. The van der Waals surface area contributed by atoms with E-state index in [9.17, 15) is 0 Å². The molecule has 0 radical (unpaired) electrons. The highest BCUT2D eigenvalue weighted by Gasteiger charge is 2.08. The second-order valence-corrected chi connectivity index (χ2v) is 3.15. The molecule has 0 unspecified atom stereocenters. The molecule has 2 atom stereocenters. The lowest BCUT2D eigenvalue weighted by Crippen LogP contribution is -2.07. The molecule has 50 valence electrons. The summed E-state index contributed by atoms with van der Waals surface area (Å²) in [5, 5.41) is 0.389. The first-order chi connectivity index (χ1) is 3.72. The molecular formula is C6H14OS. The quantitative estimate of drug-likeness (QED) is 0.599. The Bertz CT molecular complexity index is 48.5. The molecule has 8 heavy (non-hydrogen) atoms. The Morgan fingerprint density at radius 2 is 2.00 bits per heavy atom. The fraction of sp³-hybridized carbons (Fsp3) is 1.00. The summed E-state index contributed by atoms with van der Waals surface area (Å²) in [4.78, 5) is 0. The van der Waals surface area contributed by atoms with Crippen molar-refractivity contribution < 1.29 is 4.55 Å². The van der Waals surface area contributed by atoms with Crippen molar-refractivity contribution >= 4 is 12.0 Å². The zero-order valence-electron chi connectivity index (χ0n) is 5.72. The van der Waals surface area contributed by atoms with Crippen LogP contribution in [0.2, 0.25) is 0 Å². The maximum Gasteiger partial charge on any atom is 0.0306 e. The molecule has 0 aromatic rings. The van der Waals surface area contributed by atoms with Crippen LogP contribution in [-0.4, -0.2) is 9.80 Å². The van der Waals surface area contributed by atoms with Crippen molar-refractivity contribution in [2.75, 3.05) is 0 Å². The molecule has 0 aromatic carbocycles. The summed E-state index contributed by atoms with van der Waals surface area (Å²) in [6.07, 6.45) is 1.15. The highest BCUT2D eigenvalue weighted by atomic mass is 32.2. The fourth-order valence-corrected chi connectivity index (χ4v) is 0.836. The number of hydrogen-bond donors (Lipinski definition) is 1. The van der Waals surface area contributed by atoms with Crippen LogP contribution in [-0.2, 0) is 0 Å². The van der Waals surface area contributed by atoms with E-state index in [2.05, 4.69) is 13.8 Å². The molecule has 0 heterocycles. The summed E-state index contributed by atoms with van der Waals surface area (Å²) < 4.78 is 8.55. The third kappa shape index (κ3) is 2.58. The first kappa shape index (κ1) is 8.31. The molecule has 0 spiro atoms. The van der Waals surface area contributed by atoms with Gasteiger partial charge in [-0.2, -0.15) is 0 Å². The molecule has 0 rings (SSSR count). The van der Waals surface area contributed by atoms with Gasteiger partial charge in [-0.25, -0.2) is 0 Å². The van der Waals surface area contributed by atoms with E-state index in [0.717, 1.165) is 18.5 Å². The second kappa shape index (κ2) is 4.21. The highest BCUT2D eigenvalue weighted by Crippen LogP contribution is 2.17. The van der Waals surface area contributed by atoms with E-state index in [0.29, 0.717) is 11.2 Å². The van der Waals surface area contributed by atoms with Crippen molar-refractivity contribution in [3.63, 3.8) is 0 Å². The van der Waals surface area contributed by atoms with Crippen LogP contribution in [0.25, 0.3) is 0 Å². The SMILES string of the molecule is CC[C@H](C)[C@H](C)SO. The van der Waals surface area contributed by atoms with Crippen molar-refractivity contribution in [1.29, 1.82) is 0 Å². The van der Waals surface area contributed by atoms with Crippen molar-refractivity contribution in [2.45, 2.75) is 32.4 Å². The van der Waals surface area contributed by atoms with Gasteiger partial charge in [-0.3, -0.25) is 0 Å². The van der Waals surface area contributed by atoms with E-state index in [1.165, 1.54) is 0 Å². The predicted molar refractivity (Wildman–Crippen MR) is 39.1 cm³/mol.